The van der Waals surface area contributed by atoms with Gasteiger partial charge in [0.25, 0.3) is 0 Å². The lowest BCUT2D eigenvalue weighted by Crippen LogP contribution is -2.52. The van der Waals surface area contributed by atoms with Crippen molar-refractivity contribution < 1.29 is 9.59 Å². The Morgan fingerprint density at radius 2 is 2.04 bits per heavy atom. The predicted molar refractivity (Wildman–Crippen MR) is 89.8 cm³/mol. The number of allylic oxidation sites excluding steroid dienone is 1. The van der Waals surface area contributed by atoms with Gasteiger partial charge in [-0.2, -0.15) is 0 Å². The summed E-state index contributed by atoms with van der Waals surface area (Å²) in [6.07, 6.45) is 12.6. The van der Waals surface area contributed by atoms with Gasteiger partial charge in [-0.25, -0.2) is 0 Å². The minimum atomic E-state index is -0.270. The van der Waals surface area contributed by atoms with E-state index in [9.17, 15) is 9.59 Å². The molecule has 4 atom stereocenters. The number of hydrogen-bond donors (Lipinski definition) is 2. The van der Waals surface area contributed by atoms with Gasteiger partial charge >= 0.3 is 0 Å². The Bertz CT molecular complexity index is 477. The lowest BCUT2D eigenvalue weighted by molar-refractivity contribution is -0.140. The van der Waals surface area contributed by atoms with Gasteiger partial charge in [-0.05, 0) is 51.5 Å². The zero-order valence-corrected chi connectivity index (χ0v) is 14.1. The van der Waals surface area contributed by atoms with Crippen LogP contribution in [0.3, 0.4) is 0 Å². The SMILES string of the molecule is CN[C@H]1CCCCC/C=C\[C@@H]2CC2NC(=O)C2CCCN2C1=O. The Hall–Kier alpha value is -1.36. The molecule has 2 fully saturated rings. The van der Waals surface area contributed by atoms with E-state index in [-0.39, 0.29) is 29.9 Å². The lowest BCUT2D eigenvalue weighted by atomic mass is 10.1. The molecule has 1 aliphatic carbocycles. The largest absolute Gasteiger partial charge is 0.351 e. The predicted octanol–water partition coefficient (Wildman–Crippen LogP) is 1.59. The van der Waals surface area contributed by atoms with Crippen LogP contribution in [0.25, 0.3) is 0 Å². The third-order valence-electron chi connectivity index (χ3n) is 5.40. The van der Waals surface area contributed by atoms with Crippen molar-refractivity contribution in [2.24, 2.45) is 5.92 Å². The van der Waals surface area contributed by atoms with Crippen molar-refractivity contribution in [2.45, 2.75) is 69.5 Å². The average molecular weight is 319 g/mol. The fraction of sp³-hybridized carbons (Fsp3) is 0.778. The minimum absolute atomic E-state index is 0.0430. The van der Waals surface area contributed by atoms with Crippen molar-refractivity contribution in [1.29, 1.82) is 0 Å². The first kappa shape index (κ1) is 16.5. The average Bonchev–Trinajstić information content (AvgIpc) is 3.09. The van der Waals surface area contributed by atoms with E-state index in [2.05, 4.69) is 22.8 Å². The van der Waals surface area contributed by atoms with Gasteiger partial charge in [0.2, 0.25) is 11.8 Å². The highest BCUT2D eigenvalue weighted by molar-refractivity contribution is 5.90. The van der Waals surface area contributed by atoms with Crippen LogP contribution in [0.4, 0.5) is 0 Å². The number of nitrogens with zero attached hydrogens (tertiary/aromatic N) is 1. The van der Waals surface area contributed by atoms with Crippen molar-refractivity contribution in [3.8, 4) is 0 Å². The maximum atomic E-state index is 12.8. The molecule has 0 aromatic rings. The molecule has 2 aliphatic heterocycles. The third kappa shape index (κ3) is 3.94. The van der Waals surface area contributed by atoms with Crippen LogP contribution in [-0.4, -0.2) is 48.4 Å². The summed E-state index contributed by atoms with van der Waals surface area (Å²) in [5.41, 5.74) is 0. The van der Waals surface area contributed by atoms with Crippen molar-refractivity contribution in [2.75, 3.05) is 13.6 Å². The zero-order valence-electron chi connectivity index (χ0n) is 14.1. The molecule has 0 bridgehead atoms. The Morgan fingerprint density at radius 3 is 2.87 bits per heavy atom. The second kappa shape index (κ2) is 7.47. The molecule has 0 aromatic heterocycles. The van der Waals surface area contributed by atoms with Crippen LogP contribution in [0.15, 0.2) is 12.2 Å². The van der Waals surface area contributed by atoms with E-state index in [0.29, 0.717) is 12.5 Å². The number of fused-ring (bicyclic) bond motifs is 2. The topological polar surface area (TPSA) is 61.4 Å². The molecule has 2 amide bonds. The zero-order chi connectivity index (χ0) is 16.2. The normalized spacial score (nSPS) is 37.2. The summed E-state index contributed by atoms with van der Waals surface area (Å²) < 4.78 is 0. The first-order valence-corrected chi connectivity index (χ1v) is 9.15. The second-order valence-corrected chi connectivity index (χ2v) is 7.11. The molecular formula is C18H29N3O2. The Morgan fingerprint density at radius 1 is 1.17 bits per heavy atom. The number of nitrogens with one attached hydrogen (secondary N) is 2. The highest BCUT2D eigenvalue weighted by Crippen LogP contribution is 2.32. The molecular weight excluding hydrogens is 290 g/mol. The van der Waals surface area contributed by atoms with Gasteiger partial charge in [-0.15, -0.1) is 0 Å². The number of hydrogen-bond acceptors (Lipinski definition) is 3. The maximum absolute atomic E-state index is 12.8. The van der Waals surface area contributed by atoms with Crippen LogP contribution < -0.4 is 10.6 Å². The molecule has 1 saturated carbocycles. The Kier molecular flexibility index (Phi) is 5.36. The van der Waals surface area contributed by atoms with Crippen molar-refractivity contribution in [3.63, 3.8) is 0 Å². The third-order valence-corrected chi connectivity index (χ3v) is 5.40. The van der Waals surface area contributed by atoms with E-state index >= 15 is 0 Å². The summed E-state index contributed by atoms with van der Waals surface area (Å²) in [5.74, 6) is 0.645. The van der Waals surface area contributed by atoms with E-state index < -0.39 is 0 Å². The summed E-state index contributed by atoms with van der Waals surface area (Å²) in [7, 11) is 1.85. The maximum Gasteiger partial charge on any atom is 0.243 e. The van der Waals surface area contributed by atoms with Gasteiger partial charge in [0, 0.05) is 12.6 Å². The van der Waals surface area contributed by atoms with Gasteiger partial charge in [0.15, 0.2) is 0 Å². The number of carbonyl (C=O) groups excluding carboxylic acids is 2. The molecule has 128 valence electrons. The summed E-state index contributed by atoms with van der Waals surface area (Å²) in [6, 6.07) is -0.145. The summed E-state index contributed by atoms with van der Waals surface area (Å²) in [6.45, 7) is 0.711. The van der Waals surface area contributed by atoms with E-state index in [1.54, 1.807) is 0 Å². The van der Waals surface area contributed by atoms with E-state index in [4.69, 9.17) is 0 Å². The fourth-order valence-electron chi connectivity index (χ4n) is 3.83. The highest BCUT2D eigenvalue weighted by atomic mass is 16.2. The van der Waals surface area contributed by atoms with E-state index in [1.807, 2.05) is 11.9 Å². The lowest BCUT2D eigenvalue weighted by Gasteiger charge is -2.28. The molecule has 2 unspecified atom stereocenters. The molecule has 2 heterocycles. The van der Waals surface area contributed by atoms with Crippen LogP contribution in [-0.2, 0) is 9.59 Å². The Labute approximate surface area is 138 Å². The molecule has 1 saturated heterocycles. The van der Waals surface area contributed by atoms with Crippen LogP contribution in [0.1, 0.15) is 51.4 Å². The Balaban J connectivity index is 1.71. The number of amides is 2. The fourth-order valence-corrected chi connectivity index (χ4v) is 3.83. The number of rotatable bonds is 1. The van der Waals surface area contributed by atoms with Gasteiger partial charge in [0.05, 0.1) is 6.04 Å². The number of carbonyl (C=O) groups is 2. The van der Waals surface area contributed by atoms with Crippen molar-refractivity contribution >= 4 is 11.8 Å². The summed E-state index contributed by atoms with van der Waals surface area (Å²) in [4.78, 5) is 27.2. The van der Waals surface area contributed by atoms with Gasteiger partial charge in [-0.3, -0.25) is 9.59 Å². The quantitative estimate of drug-likeness (QED) is 0.722. The first-order chi connectivity index (χ1) is 11.2. The monoisotopic (exact) mass is 319 g/mol. The second-order valence-electron chi connectivity index (χ2n) is 7.11. The molecule has 3 aliphatic rings. The van der Waals surface area contributed by atoms with E-state index in [0.717, 1.165) is 44.9 Å². The van der Waals surface area contributed by atoms with Crippen LogP contribution in [0.2, 0.25) is 0 Å². The van der Waals surface area contributed by atoms with Crippen LogP contribution in [0, 0.1) is 5.92 Å². The van der Waals surface area contributed by atoms with Gasteiger partial charge in [-0.1, -0.05) is 25.0 Å². The molecule has 5 nitrogen and oxygen atoms in total. The van der Waals surface area contributed by atoms with Crippen LogP contribution in [0.5, 0.6) is 0 Å². The molecule has 23 heavy (non-hydrogen) atoms. The van der Waals surface area contributed by atoms with Crippen molar-refractivity contribution in [3.05, 3.63) is 12.2 Å². The van der Waals surface area contributed by atoms with Gasteiger partial charge in [0.1, 0.15) is 6.04 Å². The minimum Gasteiger partial charge on any atom is -0.351 e. The molecule has 3 rings (SSSR count). The van der Waals surface area contributed by atoms with E-state index in [1.165, 1.54) is 6.42 Å². The molecule has 0 aromatic carbocycles. The summed E-state index contributed by atoms with van der Waals surface area (Å²) >= 11 is 0. The molecule has 5 heteroatoms. The molecule has 0 spiro atoms. The first-order valence-electron chi connectivity index (χ1n) is 9.15. The highest BCUT2D eigenvalue weighted by Gasteiger charge is 2.41. The molecule has 0 radical (unpaired) electrons. The van der Waals surface area contributed by atoms with Crippen LogP contribution >= 0.6 is 0 Å². The summed E-state index contributed by atoms with van der Waals surface area (Å²) in [5, 5.41) is 6.30. The van der Waals surface area contributed by atoms with Gasteiger partial charge < -0.3 is 15.5 Å². The molecule has 2 N–H and O–H groups in total. The number of likely N-dealkylation sites (N-methyl/N-ethyl adjacent to an activating group) is 1. The smallest absolute Gasteiger partial charge is 0.243 e. The standard InChI is InChI=1S/C18H29N3O2/c1-19-14-9-6-4-2-3-5-8-13-12-15(13)20-17(22)16-10-7-11-21(16)18(14)23/h5,8,13-16,19H,2-4,6-7,9-12H2,1H3,(H,20,22)/b8-5-/t13-,14+,15?,16?/m1/s1. The van der Waals surface area contributed by atoms with Crippen molar-refractivity contribution in [1.82, 2.24) is 15.5 Å².